The molecule has 1 saturated carbocycles. The largest absolute Gasteiger partial charge is 0.326 e. The number of rotatable bonds is 4. The highest BCUT2D eigenvalue weighted by Crippen LogP contribution is 2.46. The van der Waals surface area contributed by atoms with E-state index in [1.54, 1.807) is 6.07 Å². The molecular weight excluding hydrogens is 456 g/mol. The fourth-order valence-corrected chi connectivity index (χ4v) is 6.18. The quantitative estimate of drug-likeness (QED) is 0.540. The van der Waals surface area contributed by atoms with E-state index in [4.69, 9.17) is 0 Å². The number of hydrogen-bond acceptors (Lipinski definition) is 5. The van der Waals surface area contributed by atoms with E-state index in [0.717, 1.165) is 51.3 Å². The van der Waals surface area contributed by atoms with Crippen molar-refractivity contribution in [2.45, 2.75) is 43.1 Å². The molecule has 2 aromatic carbocycles. The van der Waals surface area contributed by atoms with Crippen molar-refractivity contribution in [2.75, 3.05) is 7.05 Å². The number of nitrogens with zero attached hydrogens (tertiary/aromatic N) is 3. The van der Waals surface area contributed by atoms with Crippen LogP contribution in [-0.2, 0) is 15.7 Å². The third-order valence-corrected chi connectivity index (χ3v) is 8.65. The van der Waals surface area contributed by atoms with Crippen LogP contribution in [0.2, 0.25) is 0 Å². The number of likely N-dealkylation sites (N-methyl/N-ethyl adjacent to an activating group) is 1. The van der Waals surface area contributed by atoms with Crippen molar-refractivity contribution in [2.24, 2.45) is 0 Å². The Labute approximate surface area is 208 Å². The molecule has 3 amide bonds. The lowest BCUT2D eigenvalue weighted by atomic mass is 9.65. The van der Waals surface area contributed by atoms with E-state index in [0.29, 0.717) is 5.56 Å². The molecule has 1 saturated heterocycles. The van der Waals surface area contributed by atoms with Crippen LogP contribution in [0.25, 0.3) is 11.1 Å². The van der Waals surface area contributed by atoms with Crippen molar-refractivity contribution in [1.82, 2.24) is 10.2 Å². The minimum atomic E-state index is -0.957. The summed E-state index contributed by atoms with van der Waals surface area (Å²) in [5, 5.41) is 24.0. The molecule has 1 aliphatic heterocycles. The van der Waals surface area contributed by atoms with Gasteiger partial charge in [-0.3, -0.25) is 9.69 Å². The average molecular weight is 481 g/mol. The molecule has 2 heterocycles. The van der Waals surface area contributed by atoms with Gasteiger partial charge in [0.25, 0.3) is 0 Å². The second-order valence-corrected chi connectivity index (χ2v) is 10.4. The molecule has 2 aliphatic rings. The van der Waals surface area contributed by atoms with Crippen molar-refractivity contribution >= 4 is 23.3 Å². The van der Waals surface area contributed by atoms with Gasteiger partial charge in [0.1, 0.15) is 0 Å². The topological polar surface area (TPSA) is 97.0 Å². The predicted octanol–water partition coefficient (Wildman–Crippen LogP) is 5.41. The summed E-state index contributed by atoms with van der Waals surface area (Å²) in [7, 11) is 1.49. The van der Waals surface area contributed by atoms with E-state index < -0.39 is 22.9 Å². The summed E-state index contributed by atoms with van der Waals surface area (Å²) >= 11 is 1.48. The molecule has 0 bridgehead atoms. The maximum Gasteiger partial charge on any atom is 0.324 e. The zero-order valence-corrected chi connectivity index (χ0v) is 20.4. The van der Waals surface area contributed by atoms with Gasteiger partial charge in [0, 0.05) is 11.9 Å². The van der Waals surface area contributed by atoms with Gasteiger partial charge in [-0.2, -0.15) is 10.5 Å². The molecule has 174 valence electrons. The Morgan fingerprint density at radius 1 is 1.06 bits per heavy atom. The minimum Gasteiger partial charge on any atom is -0.326 e. The Morgan fingerprint density at radius 3 is 2.43 bits per heavy atom. The second-order valence-electron chi connectivity index (χ2n) is 9.52. The van der Waals surface area contributed by atoms with Gasteiger partial charge in [-0.05, 0) is 72.0 Å². The van der Waals surface area contributed by atoms with Crippen molar-refractivity contribution in [3.05, 3.63) is 81.5 Å². The van der Waals surface area contributed by atoms with Crippen molar-refractivity contribution in [3.8, 4) is 23.3 Å². The number of thiophene rings is 1. The van der Waals surface area contributed by atoms with Crippen LogP contribution in [0.15, 0.2) is 60.0 Å². The number of imide groups is 1. The van der Waals surface area contributed by atoms with Crippen molar-refractivity contribution in [1.29, 1.82) is 10.5 Å². The van der Waals surface area contributed by atoms with Gasteiger partial charge < -0.3 is 5.32 Å². The highest BCUT2D eigenvalue weighted by molar-refractivity contribution is 7.10. The maximum atomic E-state index is 13.5. The number of carbonyl (C=O) groups is 2. The minimum absolute atomic E-state index is 0.274. The first kappa shape index (κ1) is 22.8. The highest BCUT2D eigenvalue weighted by atomic mass is 32.1. The van der Waals surface area contributed by atoms with Gasteiger partial charge in [-0.25, -0.2) is 4.79 Å². The Bertz CT molecular complexity index is 1410. The van der Waals surface area contributed by atoms with Crippen molar-refractivity contribution < 1.29 is 9.59 Å². The van der Waals surface area contributed by atoms with Crippen LogP contribution < -0.4 is 5.32 Å². The van der Waals surface area contributed by atoms with E-state index >= 15 is 0 Å². The molecular formula is C28H24N4O2S. The molecule has 1 aromatic heterocycles. The molecule has 6 nitrogen and oxygen atoms in total. The van der Waals surface area contributed by atoms with Crippen LogP contribution in [0.3, 0.4) is 0 Å². The van der Waals surface area contributed by atoms with E-state index in [-0.39, 0.29) is 5.91 Å². The molecule has 7 heteroatoms. The van der Waals surface area contributed by atoms with Gasteiger partial charge >= 0.3 is 6.03 Å². The molecule has 2 atom stereocenters. The summed E-state index contributed by atoms with van der Waals surface area (Å²) in [6.45, 7) is 1.89. The summed E-state index contributed by atoms with van der Waals surface area (Å²) in [6, 6.07) is 21.3. The first-order chi connectivity index (χ1) is 16.8. The lowest BCUT2D eigenvalue weighted by Gasteiger charge is -2.44. The van der Waals surface area contributed by atoms with E-state index in [1.165, 1.54) is 18.4 Å². The fourth-order valence-electron chi connectivity index (χ4n) is 5.12. The molecule has 0 spiro atoms. The van der Waals surface area contributed by atoms with Gasteiger partial charge in [0.2, 0.25) is 5.91 Å². The van der Waals surface area contributed by atoms with E-state index in [2.05, 4.69) is 17.5 Å². The number of nitriles is 2. The van der Waals surface area contributed by atoms with Crippen LogP contribution in [0, 0.1) is 22.7 Å². The number of nitrogens with one attached hydrogen (secondary N) is 1. The number of carbonyl (C=O) groups excluding carboxylic acids is 2. The SMILES string of the molecule is CN1C(=O)N[C@](C)(c2cc(-c3cccc(C#N)c3)cs2)[C@@H](c2ccc(C3(C#N)CCC3)cc2)C1=O. The third-order valence-electron chi connectivity index (χ3n) is 7.48. The van der Waals surface area contributed by atoms with E-state index in [1.807, 2.05) is 60.8 Å². The smallest absolute Gasteiger partial charge is 0.324 e. The molecule has 5 rings (SSSR count). The third kappa shape index (κ3) is 3.60. The van der Waals surface area contributed by atoms with Gasteiger partial charge in [-0.15, -0.1) is 11.3 Å². The van der Waals surface area contributed by atoms with Crippen LogP contribution in [0.5, 0.6) is 0 Å². The molecule has 35 heavy (non-hydrogen) atoms. The molecule has 0 unspecified atom stereocenters. The number of urea groups is 1. The van der Waals surface area contributed by atoms with Gasteiger partial charge in [0.15, 0.2) is 0 Å². The molecule has 1 N–H and O–H groups in total. The zero-order valence-electron chi connectivity index (χ0n) is 19.5. The predicted molar refractivity (Wildman–Crippen MR) is 133 cm³/mol. The molecule has 1 aliphatic carbocycles. The normalized spacial score (nSPS) is 23.1. The highest BCUT2D eigenvalue weighted by Gasteiger charge is 2.50. The Balaban J connectivity index is 1.55. The number of hydrogen-bond donors (Lipinski definition) is 1. The maximum absolute atomic E-state index is 13.5. The second kappa shape index (κ2) is 8.37. The Kier molecular flexibility index (Phi) is 5.46. The lowest BCUT2D eigenvalue weighted by Crippen LogP contribution is -2.62. The summed E-state index contributed by atoms with van der Waals surface area (Å²) in [6.07, 6.45) is 2.75. The summed E-state index contributed by atoms with van der Waals surface area (Å²) < 4.78 is 0. The summed E-state index contributed by atoms with van der Waals surface area (Å²) in [4.78, 5) is 28.2. The van der Waals surface area contributed by atoms with Crippen LogP contribution in [0.1, 0.15) is 53.7 Å². The Hall–Kier alpha value is -3.94. The van der Waals surface area contributed by atoms with Crippen LogP contribution in [-0.4, -0.2) is 23.9 Å². The first-order valence-corrected chi connectivity index (χ1v) is 12.4. The van der Waals surface area contributed by atoms with E-state index in [9.17, 15) is 20.1 Å². The first-order valence-electron chi connectivity index (χ1n) is 11.5. The zero-order chi connectivity index (χ0) is 24.8. The Morgan fingerprint density at radius 2 is 1.80 bits per heavy atom. The molecule has 0 radical (unpaired) electrons. The lowest BCUT2D eigenvalue weighted by molar-refractivity contribution is -0.132. The number of amides is 3. The molecule has 2 fully saturated rings. The molecule has 3 aromatic rings. The number of benzene rings is 2. The van der Waals surface area contributed by atoms with Crippen LogP contribution >= 0.6 is 11.3 Å². The fraction of sp³-hybridized carbons (Fsp3) is 0.286. The van der Waals surface area contributed by atoms with Gasteiger partial charge in [-0.1, -0.05) is 36.4 Å². The summed E-state index contributed by atoms with van der Waals surface area (Å²) in [5.41, 5.74) is 2.80. The van der Waals surface area contributed by atoms with Gasteiger partial charge in [0.05, 0.1) is 34.6 Å². The standard InChI is InChI=1S/C28H24N4O2S/c1-27(23-14-21(16-35-23)20-6-3-5-18(13-20)15-29)24(25(33)32(2)26(34)31-27)19-7-9-22(10-8-19)28(17-30)11-4-12-28/h3,5-10,13-14,16,24H,4,11-12H2,1-2H3,(H,31,34)/t24-,27+/m0/s1. The monoisotopic (exact) mass is 480 g/mol. The summed E-state index contributed by atoms with van der Waals surface area (Å²) in [5.74, 6) is -0.903. The van der Waals surface area contributed by atoms with Crippen LogP contribution in [0.4, 0.5) is 4.79 Å². The van der Waals surface area contributed by atoms with Crippen molar-refractivity contribution in [3.63, 3.8) is 0 Å². The average Bonchev–Trinajstić information content (AvgIpc) is 3.35.